The predicted molar refractivity (Wildman–Crippen MR) is 25.1 cm³/mol. The van der Waals surface area contributed by atoms with E-state index < -0.39 is 11.4 Å². The molecule has 0 fully saturated rings. The summed E-state index contributed by atoms with van der Waals surface area (Å²) in [7, 11) is 0. The lowest BCUT2D eigenvalue weighted by Crippen LogP contribution is -1.99. The summed E-state index contributed by atoms with van der Waals surface area (Å²) in [4.78, 5) is 2.51. The Balaban J connectivity index is 3.28. The van der Waals surface area contributed by atoms with Gasteiger partial charge in [0, 0.05) is 11.8 Å². The van der Waals surface area contributed by atoms with Crippen molar-refractivity contribution in [2.24, 2.45) is 0 Å². The molecule has 0 N–H and O–H groups in total. The van der Waals surface area contributed by atoms with Crippen LogP contribution in [0.25, 0.3) is 4.85 Å². The Morgan fingerprint density at radius 3 is 2.12 bits per heavy atom. The molecule has 1 nitrogen and oxygen atoms in total. The first kappa shape index (κ1) is 7.63. The Labute approximate surface area is 48.7 Å². The second-order valence-electron chi connectivity index (χ2n) is 0.877. The van der Waals surface area contributed by atoms with Crippen LogP contribution >= 0.6 is 11.8 Å². The van der Waals surface area contributed by atoms with Crippen LogP contribution in [0.4, 0.5) is 13.2 Å². The van der Waals surface area contributed by atoms with Crippen LogP contribution < -0.4 is 0 Å². The van der Waals surface area contributed by atoms with E-state index in [9.17, 15) is 13.2 Å². The van der Waals surface area contributed by atoms with E-state index in [1.54, 1.807) is 0 Å². The second kappa shape index (κ2) is 2.82. The summed E-state index contributed by atoms with van der Waals surface area (Å²) in [6, 6.07) is 0. The summed E-state index contributed by atoms with van der Waals surface area (Å²) in [5.74, 6) is -0.538. The average molecular weight is 141 g/mol. The summed E-state index contributed by atoms with van der Waals surface area (Å²) in [6.45, 7) is 5.99. The van der Waals surface area contributed by atoms with E-state index in [1.807, 2.05) is 0 Å². The van der Waals surface area contributed by atoms with Crippen molar-refractivity contribution in [2.75, 3.05) is 5.88 Å². The monoisotopic (exact) mass is 141 g/mol. The average Bonchev–Trinajstić information content (AvgIpc) is 1.59. The zero-order valence-electron chi connectivity index (χ0n) is 3.70. The van der Waals surface area contributed by atoms with Crippen LogP contribution in [-0.4, -0.2) is 11.4 Å². The maximum Gasteiger partial charge on any atom is 0.448 e. The summed E-state index contributed by atoms with van der Waals surface area (Å²) < 4.78 is 33.2. The van der Waals surface area contributed by atoms with Crippen molar-refractivity contribution in [3.05, 3.63) is 11.4 Å². The highest BCUT2D eigenvalue weighted by Gasteiger charge is 2.29. The van der Waals surface area contributed by atoms with Gasteiger partial charge in [0.1, 0.15) is 0 Å². The molecule has 0 radical (unpaired) electrons. The predicted octanol–water partition coefficient (Wildman–Crippen LogP) is 2.12. The number of alkyl halides is 3. The fraction of sp³-hybridized carbons (Fsp3) is 0.667. The van der Waals surface area contributed by atoms with Gasteiger partial charge < -0.3 is 4.85 Å². The van der Waals surface area contributed by atoms with Crippen molar-refractivity contribution in [3.8, 4) is 0 Å². The zero-order chi connectivity index (χ0) is 6.62. The minimum absolute atomic E-state index is 0.321. The third-order valence-electron chi connectivity index (χ3n) is 0.293. The molecule has 0 amide bonds. The first-order valence-electron chi connectivity index (χ1n) is 1.60. The molecule has 0 saturated carbocycles. The van der Waals surface area contributed by atoms with Gasteiger partial charge in [0.15, 0.2) is 0 Å². The van der Waals surface area contributed by atoms with E-state index >= 15 is 0 Å². The molecule has 46 valence electrons. The van der Waals surface area contributed by atoms with Gasteiger partial charge >= 0.3 is 5.51 Å². The van der Waals surface area contributed by atoms with Crippen molar-refractivity contribution in [1.29, 1.82) is 0 Å². The molecule has 0 bridgehead atoms. The lowest BCUT2D eigenvalue weighted by Gasteiger charge is -1.96. The highest BCUT2D eigenvalue weighted by Crippen LogP contribution is 2.29. The Hall–Kier alpha value is -0.370. The van der Waals surface area contributed by atoms with Crippen LogP contribution in [-0.2, 0) is 0 Å². The lowest BCUT2D eigenvalue weighted by molar-refractivity contribution is -0.0326. The molecule has 0 atom stereocenters. The van der Waals surface area contributed by atoms with Crippen molar-refractivity contribution in [2.45, 2.75) is 5.51 Å². The molecule has 0 aromatic carbocycles. The number of nitrogens with zero attached hydrogens (tertiary/aromatic N) is 1. The zero-order valence-corrected chi connectivity index (χ0v) is 4.51. The first-order valence-corrected chi connectivity index (χ1v) is 2.59. The lowest BCUT2D eigenvalue weighted by atomic mass is 11.4. The second-order valence-corrected chi connectivity index (χ2v) is 1.89. The maximum atomic E-state index is 11.1. The SMILES string of the molecule is [C-]#[N+]CSC(F)(F)F. The number of halogens is 3. The van der Waals surface area contributed by atoms with Crippen LogP contribution in [0, 0.1) is 6.57 Å². The quantitative estimate of drug-likeness (QED) is 0.506. The van der Waals surface area contributed by atoms with Gasteiger partial charge in [-0.05, 0) is 0 Å². The van der Waals surface area contributed by atoms with Crippen LogP contribution in [0.5, 0.6) is 0 Å². The van der Waals surface area contributed by atoms with Gasteiger partial charge in [-0.3, -0.25) is 0 Å². The van der Waals surface area contributed by atoms with E-state index in [0.717, 1.165) is 0 Å². The standard InChI is InChI=1S/C3H2F3NS/c1-7-2-8-3(4,5)6/h2H2. The smallest absolute Gasteiger partial charge is 0.305 e. The molecule has 0 spiro atoms. The molecular weight excluding hydrogens is 139 g/mol. The Kier molecular flexibility index (Phi) is 2.69. The minimum Gasteiger partial charge on any atom is -0.305 e. The largest absolute Gasteiger partial charge is 0.448 e. The molecule has 0 aliphatic rings. The fourth-order valence-electron chi connectivity index (χ4n) is 0.105. The van der Waals surface area contributed by atoms with Crippen LogP contribution in [0.1, 0.15) is 0 Å². The van der Waals surface area contributed by atoms with Gasteiger partial charge in [0.05, 0.1) is 0 Å². The molecule has 8 heavy (non-hydrogen) atoms. The summed E-state index contributed by atoms with van der Waals surface area (Å²) in [5.41, 5.74) is -4.25. The highest BCUT2D eigenvalue weighted by molar-refractivity contribution is 8.00. The van der Waals surface area contributed by atoms with Gasteiger partial charge in [-0.15, -0.1) is 0 Å². The Bertz CT molecular complexity index is 102. The van der Waals surface area contributed by atoms with E-state index in [4.69, 9.17) is 6.57 Å². The molecule has 0 saturated heterocycles. The van der Waals surface area contributed by atoms with Gasteiger partial charge in [0.2, 0.25) is 0 Å². The number of thioether (sulfide) groups is 1. The minimum atomic E-state index is -4.25. The van der Waals surface area contributed by atoms with Crippen molar-refractivity contribution in [3.63, 3.8) is 0 Å². The molecule has 0 aliphatic carbocycles. The van der Waals surface area contributed by atoms with E-state index in [0.29, 0.717) is 0 Å². The first-order chi connectivity index (χ1) is 3.56. The van der Waals surface area contributed by atoms with E-state index in [1.165, 1.54) is 0 Å². The Morgan fingerprint density at radius 1 is 1.50 bits per heavy atom. The molecule has 0 aromatic heterocycles. The molecule has 0 heterocycles. The molecule has 0 aliphatic heterocycles. The van der Waals surface area contributed by atoms with Crippen molar-refractivity contribution >= 4 is 11.8 Å². The fourth-order valence-corrected chi connectivity index (χ4v) is 0.316. The van der Waals surface area contributed by atoms with Gasteiger partial charge in [-0.25, -0.2) is 6.57 Å². The molecule has 0 unspecified atom stereocenters. The number of rotatable bonds is 1. The topological polar surface area (TPSA) is 4.36 Å². The van der Waals surface area contributed by atoms with Gasteiger partial charge in [-0.2, -0.15) is 13.2 Å². The van der Waals surface area contributed by atoms with E-state index in [2.05, 4.69) is 4.85 Å². The number of hydrogen-bond acceptors (Lipinski definition) is 1. The van der Waals surface area contributed by atoms with Gasteiger partial charge in [0.25, 0.3) is 5.88 Å². The van der Waals surface area contributed by atoms with Crippen molar-refractivity contribution < 1.29 is 13.2 Å². The maximum absolute atomic E-state index is 11.1. The molecule has 0 aromatic rings. The summed E-state index contributed by atoms with van der Waals surface area (Å²) in [5, 5.41) is 0. The molecule has 0 rings (SSSR count). The highest BCUT2D eigenvalue weighted by atomic mass is 32.2. The Morgan fingerprint density at radius 2 is 2.00 bits per heavy atom. The van der Waals surface area contributed by atoms with Crippen molar-refractivity contribution in [1.82, 2.24) is 0 Å². The number of hydrogen-bond donors (Lipinski definition) is 0. The summed E-state index contributed by atoms with van der Waals surface area (Å²) in [6.07, 6.45) is 0. The van der Waals surface area contributed by atoms with E-state index in [-0.39, 0.29) is 11.8 Å². The molecule has 5 heteroatoms. The third-order valence-corrected chi connectivity index (χ3v) is 0.878. The summed E-state index contributed by atoms with van der Waals surface area (Å²) >= 11 is -0.321. The third kappa shape index (κ3) is 5.63. The molecular formula is C3H2F3NS. The van der Waals surface area contributed by atoms with Crippen LogP contribution in [0.15, 0.2) is 0 Å². The van der Waals surface area contributed by atoms with Gasteiger partial charge in [-0.1, -0.05) is 0 Å². The van der Waals surface area contributed by atoms with Crippen LogP contribution in [0.3, 0.4) is 0 Å². The van der Waals surface area contributed by atoms with Crippen LogP contribution in [0.2, 0.25) is 0 Å². The normalized spacial score (nSPS) is 10.8.